The Labute approximate surface area is 124 Å². The van der Waals surface area contributed by atoms with Gasteiger partial charge in [0.05, 0.1) is 11.5 Å². The van der Waals surface area contributed by atoms with Crippen LogP contribution in [0.25, 0.3) is 6.08 Å². The zero-order valence-electron chi connectivity index (χ0n) is 12.0. The number of nitrogens with zero attached hydrogens (tertiary/aromatic N) is 1. The summed E-state index contributed by atoms with van der Waals surface area (Å²) >= 11 is 0. The molecule has 0 atom stereocenters. The molecule has 1 aromatic rings. The number of hydrogen-bond donors (Lipinski definition) is 1. The SMILES string of the molecule is CCN(CCOC)S(=O)(=O)c1cccc(C=CC(=O)O)c1. The van der Waals surface area contributed by atoms with Gasteiger partial charge in [0.2, 0.25) is 10.0 Å². The third kappa shape index (κ3) is 4.96. The van der Waals surface area contributed by atoms with E-state index >= 15 is 0 Å². The lowest BCUT2D eigenvalue weighted by Gasteiger charge is -2.20. The maximum absolute atomic E-state index is 12.5. The zero-order valence-corrected chi connectivity index (χ0v) is 12.8. The Morgan fingerprint density at radius 1 is 1.43 bits per heavy atom. The number of ether oxygens (including phenoxy) is 1. The van der Waals surface area contributed by atoms with Crippen LogP contribution in [0.2, 0.25) is 0 Å². The van der Waals surface area contributed by atoms with E-state index in [4.69, 9.17) is 9.84 Å². The molecule has 0 aliphatic heterocycles. The van der Waals surface area contributed by atoms with Crippen molar-refractivity contribution in [2.24, 2.45) is 0 Å². The van der Waals surface area contributed by atoms with Gasteiger partial charge in [-0.1, -0.05) is 19.1 Å². The molecule has 0 spiro atoms. The number of methoxy groups -OCH3 is 1. The molecule has 1 N–H and O–H groups in total. The number of likely N-dealkylation sites (N-methyl/N-ethyl adjacent to an activating group) is 1. The maximum Gasteiger partial charge on any atom is 0.328 e. The second-order valence-corrected chi connectivity index (χ2v) is 6.17. The lowest BCUT2D eigenvalue weighted by molar-refractivity contribution is -0.131. The molecule has 1 rings (SSSR count). The van der Waals surface area contributed by atoms with Crippen molar-refractivity contribution in [1.82, 2.24) is 4.31 Å². The lowest BCUT2D eigenvalue weighted by Crippen LogP contribution is -2.33. The van der Waals surface area contributed by atoms with Crippen LogP contribution in [0.5, 0.6) is 0 Å². The van der Waals surface area contributed by atoms with Gasteiger partial charge in [-0.3, -0.25) is 0 Å². The summed E-state index contributed by atoms with van der Waals surface area (Å²) in [4.78, 5) is 10.6. The van der Waals surface area contributed by atoms with Crippen LogP contribution >= 0.6 is 0 Å². The number of carboxylic acid groups (broad SMARTS) is 1. The van der Waals surface area contributed by atoms with Gasteiger partial charge < -0.3 is 9.84 Å². The fourth-order valence-electron chi connectivity index (χ4n) is 1.74. The first-order chi connectivity index (χ1) is 9.91. The van der Waals surface area contributed by atoms with Gasteiger partial charge in [-0.25, -0.2) is 13.2 Å². The van der Waals surface area contributed by atoms with Crippen molar-refractivity contribution in [3.05, 3.63) is 35.9 Å². The molecule has 0 aliphatic carbocycles. The second-order valence-electron chi connectivity index (χ2n) is 4.23. The summed E-state index contributed by atoms with van der Waals surface area (Å²) in [6.07, 6.45) is 2.32. The van der Waals surface area contributed by atoms with E-state index in [1.807, 2.05) is 0 Å². The molecular formula is C14H19NO5S. The van der Waals surface area contributed by atoms with Crippen LogP contribution in [0.1, 0.15) is 12.5 Å². The van der Waals surface area contributed by atoms with E-state index in [1.165, 1.54) is 29.6 Å². The fraction of sp³-hybridized carbons (Fsp3) is 0.357. The standard InChI is InChI=1S/C14H19NO5S/c1-3-15(9-10-20-2)21(18,19)13-6-4-5-12(11-13)7-8-14(16)17/h4-8,11H,3,9-10H2,1-2H3,(H,16,17). The zero-order chi connectivity index (χ0) is 15.9. The summed E-state index contributed by atoms with van der Waals surface area (Å²) in [7, 11) is -2.10. The molecule has 7 heteroatoms. The van der Waals surface area contributed by atoms with Crippen LogP contribution in [0, 0.1) is 0 Å². The molecule has 21 heavy (non-hydrogen) atoms. The number of carbonyl (C=O) groups is 1. The van der Waals surface area contributed by atoms with E-state index in [2.05, 4.69) is 0 Å². The molecule has 0 bridgehead atoms. The molecule has 0 saturated heterocycles. The van der Waals surface area contributed by atoms with Crippen molar-refractivity contribution >= 4 is 22.1 Å². The van der Waals surface area contributed by atoms with E-state index in [9.17, 15) is 13.2 Å². The quantitative estimate of drug-likeness (QED) is 0.734. The first kappa shape index (κ1) is 17.4. The second kappa shape index (κ2) is 7.92. The molecule has 0 fully saturated rings. The van der Waals surface area contributed by atoms with Gasteiger partial charge in [0.15, 0.2) is 0 Å². The number of aliphatic carboxylic acids is 1. The van der Waals surface area contributed by atoms with Crippen molar-refractivity contribution in [1.29, 1.82) is 0 Å². The van der Waals surface area contributed by atoms with E-state index < -0.39 is 16.0 Å². The van der Waals surface area contributed by atoms with Gasteiger partial charge in [0.25, 0.3) is 0 Å². The molecule has 0 saturated carbocycles. The normalized spacial score (nSPS) is 12.1. The molecule has 1 aromatic carbocycles. The number of sulfonamides is 1. The van der Waals surface area contributed by atoms with Crippen LogP contribution < -0.4 is 0 Å². The van der Waals surface area contributed by atoms with Gasteiger partial charge >= 0.3 is 5.97 Å². The molecule has 0 aromatic heterocycles. The number of hydrogen-bond acceptors (Lipinski definition) is 4. The summed E-state index contributed by atoms with van der Waals surface area (Å²) in [5.41, 5.74) is 0.515. The Morgan fingerprint density at radius 3 is 2.71 bits per heavy atom. The first-order valence-electron chi connectivity index (χ1n) is 6.42. The van der Waals surface area contributed by atoms with Gasteiger partial charge in [-0.2, -0.15) is 4.31 Å². The highest BCUT2D eigenvalue weighted by molar-refractivity contribution is 7.89. The lowest BCUT2D eigenvalue weighted by atomic mass is 10.2. The number of rotatable bonds is 8. The van der Waals surface area contributed by atoms with E-state index in [0.717, 1.165) is 6.08 Å². The minimum absolute atomic E-state index is 0.132. The van der Waals surface area contributed by atoms with Crippen molar-refractivity contribution in [3.63, 3.8) is 0 Å². The van der Waals surface area contributed by atoms with E-state index in [1.54, 1.807) is 19.1 Å². The largest absolute Gasteiger partial charge is 0.478 e. The Kier molecular flexibility index (Phi) is 6.54. The Morgan fingerprint density at radius 2 is 2.14 bits per heavy atom. The Bertz CT molecular complexity index is 610. The van der Waals surface area contributed by atoms with Crippen LogP contribution in [0.4, 0.5) is 0 Å². The molecule has 0 radical (unpaired) electrons. The minimum Gasteiger partial charge on any atom is -0.478 e. The fourth-order valence-corrected chi connectivity index (χ4v) is 3.23. The highest BCUT2D eigenvalue weighted by atomic mass is 32.2. The van der Waals surface area contributed by atoms with Crippen molar-refractivity contribution in [3.8, 4) is 0 Å². The molecule has 116 valence electrons. The maximum atomic E-state index is 12.5. The van der Waals surface area contributed by atoms with E-state index in [0.29, 0.717) is 18.7 Å². The third-order valence-corrected chi connectivity index (χ3v) is 4.78. The van der Waals surface area contributed by atoms with Crippen molar-refractivity contribution in [2.75, 3.05) is 26.8 Å². The molecule has 0 aliphatic rings. The van der Waals surface area contributed by atoms with Crippen LogP contribution in [-0.2, 0) is 19.6 Å². The molecule has 0 amide bonds. The first-order valence-corrected chi connectivity index (χ1v) is 7.86. The predicted octanol–water partition coefficient (Wildman–Crippen LogP) is 1.44. The van der Waals surface area contributed by atoms with Gasteiger partial charge in [-0.05, 0) is 23.8 Å². The Balaban J connectivity index is 3.07. The van der Waals surface area contributed by atoms with Gasteiger partial charge in [-0.15, -0.1) is 0 Å². The smallest absolute Gasteiger partial charge is 0.328 e. The molecular weight excluding hydrogens is 294 g/mol. The van der Waals surface area contributed by atoms with Crippen LogP contribution in [0.3, 0.4) is 0 Å². The van der Waals surface area contributed by atoms with Gasteiger partial charge in [0, 0.05) is 26.3 Å². The number of carboxylic acids is 1. The highest BCUT2D eigenvalue weighted by Gasteiger charge is 2.22. The average Bonchev–Trinajstić information content (AvgIpc) is 2.46. The average molecular weight is 313 g/mol. The van der Waals surface area contributed by atoms with Crippen molar-refractivity contribution in [2.45, 2.75) is 11.8 Å². The summed E-state index contributed by atoms with van der Waals surface area (Å²) in [6.45, 7) is 2.67. The third-order valence-electron chi connectivity index (χ3n) is 2.81. The highest BCUT2D eigenvalue weighted by Crippen LogP contribution is 2.17. The summed E-state index contributed by atoms with van der Waals surface area (Å²) < 4.78 is 31.2. The van der Waals surface area contributed by atoms with Crippen LogP contribution in [0.15, 0.2) is 35.2 Å². The Hall–Kier alpha value is -1.70. The minimum atomic E-state index is -3.61. The summed E-state index contributed by atoms with van der Waals surface area (Å²) in [6, 6.07) is 6.16. The van der Waals surface area contributed by atoms with E-state index in [-0.39, 0.29) is 11.4 Å². The van der Waals surface area contributed by atoms with Crippen LogP contribution in [-0.4, -0.2) is 50.6 Å². The molecule has 6 nitrogen and oxygen atoms in total. The molecule has 0 unspecified atom stereocenters. The topological polar surface area (TPSA) is 83.9 Å². The monoisotopic (exact) mass is 313 g/mol. The molecule has 0 heterocycles. The summed E-state index contributed by atoms with van der Waals surface area (Å²) in [5.74, 6) is -1.08. The summed E-state index contributed by atoms with van der Waals surface area (Å²) in [5, 5.41) is 8.60. The number of benzene rings is 1. The van der Waals surface area contributed by atoms with Gasteiger partial charge in [0.1, 0.15) is 0 Å². The van der Waals surface area contributed by atoms with Crippen molar-refractivity contribution < 1.29 is 23.1 Å². The predicted molar refractivity (Wildman–Crippen MR) is 79.4 cm³/mol.